The van der Waals surface area contributed by atoms with Gasteiger partial charge in [0.1, 0.15) is 0 Å². The third-order valence-electron chi connectivity index (χ3n) is 3.46. The van der Waals surface area contributed by atoms with Gasteiger partial charge in [0.05, 0.1) is 6.54 Å². The van der Waals surface area contributed by atoms with Crippen LogP contribution in [-0.4, -0.2) is 30.3 Å². The molecule has 0 aromatic rings. The number of fused-ring (bicyclic) bond motifs is 1. The molecule has 0 spiro atoms. The number of hydrogen-bond acceptors (Lipinski definition) is 2. The fourth-order valence-corrected chi connectivity index (χ4v) is 2.75. The van der Waals surface area contributed by atoms with Crippen LogP contribution in [0.2, 0.25) is 0 Å². The van der Waals surface area contributed by atoms with Crippen molar-refractivity contribution in [2.24, 2.45) is 23.5 Å². The summed E-state index contributed by atoms with van der Waals surface area (Å²) in [6, 6.07) is 0. The molecular weight excluding hydrogens is 180 g/mol. The molecule has 0 aromatic heterocycles. The standard InChI is InChI=1S/C10H16N2O2/c1-12(5-8(11)13)10(14)9-6-3-2-4-7(6)9/h6-7,9H,2-5H2,1H3,(H2,11,13). The van der Waals surface area contributed by atoms with Crippen molar-refractivity contribution in [2.75, 3.05) is 13.6 Å². The maximum absolute atomic E-state index is 11.8. The van der Waals surface area contributed by atoms with Crippen LogP contribution in [0.25, 0.3) is 0 Å². The van der Waals surface area contributed by atoms with E-state index >= 15 is 0 Å². The highest BCUT2D eigenvalue weighted by atomic mass is 16.2. The first-order chi connectivity index (χ1) is 6.61. The molecule has 4 nitrogen and oxygen atoms in total. The lowest BCUT2D eigenvalue weighted by Crippen LogP contribution is -2.36. The molecule has 2 fully saturated rings. The first-order valence-electron chi connectivity index (χ1n) is 5.14. The Labute approximate surface area is 83.4 Å². The molecule has 14 heavy (non-hydrogen) atoms. The topological polar surface area (TPSA) is 63.4 Å². The van der Waals surface area contributed by atoms with Gasteiger partial charge in [0.25, 0.3) is 0 Å². The van der Waals surface area contributed by atoms with Crippen molar-refractivity contribution in [1.29, 1.82) is 0 Å². The van der Waals surface area contributed by atoms with Crippen molar-refractivity contribution in [3.05, 3.63) is 0 Å². The lowest BCUT2D eigenvalue weighted by Gasteiger charge is -2.15. The predicted octanol–water partition coefficient (Wildman–Crippen LogP) is -0.0238. The van der Waals surface area contributed by atoms with Crippen molar-refractivity contribution in [3.8, 4) is 0 Å². The van der Waals surface area contributed by atoms with Crippen LogP contribution >= 0.6 is 0 Å². The molecule has 2 N–H and O–H groups in total. The molecule has 0 aromatic carbocycles. The Morgan fingerprint density at radius 2 is 1.93 bits per heavy atom. The second-order valence-electron chi connectivity index (χ2n) is 4.45. The molecular formula is C10H16N2O2. The summed E-state index contributed by atoms with van der Waals surface area (Å²) in [5.41, 5.74) is 5.03. The minimum atomic E-state index is -0.438. The van der Waals surface area contributed by atoms with Crippen LogP contribution in [-0.2, 0) is 9.59 Å². The van der Waals surface area contributed by atoms with Gasteiger partial charge < -0.3 is 10.6 Å². The molecule has 2 rings (SSSR count). The van der Waals surface area contributed by atoms with Gasteiger partial charge in [-0.25, -0.2) is 0 Å². The average Bonchev–Trinajstić information content (AvgIpc) is 2.56. The summed E-state index contributed by atoms with van der Waals surface area (Å²) >= 11 is 0. The molecule has 2 saturated carbocycles. The van der Waals surface area contributed by atoms with E-state index in [1.54, 1.807) is 7.05 Å². The van der Waals surface area contributed by atoms with E-state index in [1.807, 2.05) is 0 Å². The lowest BCUT2D eigenvalue weighted by atomic mass is 10.1. The van der Waals surface area contributed by atoms with E-state index < -0.39 is 5.91 Å². The van der Waals surface area contributed by atoms with Gasteiger partial charge in [-0.05, 0) is 24.7 Å². The maximum Gasteiger partial charge on any atom is 0.237 e. The molecule has 78 valence electrons. The van der Waals surface area contributed by atoms with Crippen molar-refractivity contribution >= 4 is 11.8 Å². The molecule has 4 heteroatoms. The SMILES string of the molecule is CN(CC(N)=O)C(=O)C1C2CCCC21. The largest absolute Gasteiger partial charge is 0.368 e. The number of hydrogen-bond donors (Lipinski definition) is 1. The van der Waals surface area contributed by atoms with Gasteiger partial charge in [-0.15, -0.1) is 0 Å². The average molecular weight is 196 g/mol. The summed E-state index contributed by atoms with van der Waals surface area (Å²) in [7, 11) is 1.65. The van der Waals surface area contributed by atoms with Gasteiger partial charge in [0, 0.05) is 13.0 Å². The lowest BCUT2D eigenvalue weighted by molar-refractivity contribution is -0.135. The monoisotopic (exact) mass is 196 g/mol. The van der Waals surface area contributed by atoms with E-state index in [4.69, 9.17) is 5.73 Å². The van der Waals surface area contributed by atoms with Crippen molar-refractivity contribution < 1.29 is 9.59 Å². The van der Waals surface area contributed by atoms with Gasteiger partial charge in [0.2, 0.25) is 11.8 Å². The number of nitrogens with zero attached hydrogens (tertiary/aromatic N) is 1. The minimum Gasteiger partial charge on any atom is -0.368 e. The van der Waals surface area contributed by atoms with Gasteiger partial charge >= 0.3 is 0 Å². The second-order valence-corrected chi connectivity index (χ2v) is 4.45. The summed E-state index contributed by atoms with van der Waals surface area (Å²) in [5.74, 6) is 1.09. The molecule has 0 aliphatic heterocycles. The normalized spacial score (nSPS) is 33.6. The summed E-state index contributed by atoms with van der Waals surface area (Å²) in [6.07, 6.45) is 3.63. The highest BCUT2D eigenvalue weighted by Crippen LogP contribution is 2.57. The first-order valence-corrected chi connectivity index (χ1v) is 5.14. The van der Waals surface area contributed by atoms with Crippen LogP contribution < -0.4 is 5.73 Å². The summed E-state index contributed by atoms with van der Waals surface area (Å²) < 4.78 is 0. The van der Waals surface area contributed by atoms with E-state index in [0.29, 0.717) is 11.8 Å². The summed E-state index contributed by atoms with van der Waals surface area (Å²) in [4.78, 5) is 23.9. The molecule has 0 heterocycles. The van der Waals surface area contributed by atoms with Crippen LogP contribution in [0, 0.1) is 17.8 Å². The van der Waals surface area contributed by atoms with Gasteiger partial charge in [-0.1, -0.05) is 6.42 Å². The van der Waals surface area contributed by atoms with Crippen LogP contribution in [0.5, 0.6) is 0 Å². The predicted molar refractivity (Wildman–Crippen MR) is 51.2 cm³/mol. The molecule has 2 aliphatic carbocycles. The zero-order valence-electron chi connectivity index (χ0n) is 8.40. The Morgan fingerprint density at radius 1 is 1.36 bits per heavy atom. The number of rotatable bonds is 3. The van der Waals surface area contributed by atoms with Crippen molar-refractivity contribution in [1.82, 2.24) is 4.90 Å². The molecule has 0 saturated heterocycles. The third kappa shape index (κ3) is 1.49. The van der Waals surface area contributed by atoms with Crippen LogP contribution in [0.3, 0.4) is 0 Å². The third-order valence-corrected chi connectivity index (χ3v) is 3.46. The zero-order valence-corrected chi connectivity index (χ0v) is 8.40. The van der Waals surface area contributed by atoms with E-state index in [-0.39, 0.29) is 18.4 Å². The van der Waals surface area contributed by atoms with E-state index in [2.05, 4.69) is 0 Å². The Kier molecular flexibility index (Phi) is 2.21. The van der Waals surface area contributed by atoms with Crippen LogP contribution in [0.4, 0.5) is 0 Å². The Bertz CT molecular complexity index is 267. The minimum absolute atomic E-state index is 0.0504. The molecule has 2 atom stereocenters. The Hall–Kier alpha value is -1.06. The first kappa shape index (κ1) is 9.49. The molecule has 2 aliphatic rings. The highest BCUT2D eigenvalue weighted by molar-refractivity contribution is 5.87. The fourth-order valence-electron chi connectivity index (χ4n) is 2.75. The number of nitrogens with two attached hydrogens (primary N) is 1. The van der Waals surface area contributed by atoms with Gasteiger partial charge in [-0.3, -0.25) is 9.59 Å². The van der Waals surface area contributed by atoms with Gasteiger partial charge in [0.15, 0.2) is 0 Å². The molecule has 2 unspecified atom stereocenters. The van der Waals surface area contributed by atoms with Gasteiger partial charge in [-0.2, -0.15) is 0 Å². The molecule has 0 radical (unpaired) electrons. The summed E-state index contributed by atoms with van der Waals surface area (Å²) in [5, 5.41) is 0. The van der Waals surface area contributed by atoms with Crippen LogP contribution in [0.15, 0.2) is 0 Å². The Balaban J connectivity index is 1.87. The summed E-state index contributed by atoms with van der Waals surface area (Å²) in [6.45, 7) is 0.0504. The van der Waals surface area contributed by atoms with Crippen LogP contribution in [0.1, 0.15) is 19.3 Å². The maximum atomic E-state index is 11.8. The van der Waals surface area contributed by atoms with Crippen molar-refractivity contribution in [2.45, 2.75) is 19.3 Å². The van der Waals surface area contributed by atoms with E-state index in [0.717, 1.165) is 0 Å². The fraction of sp³-hybridized carbons (Fsp3) is 0.800. The number of likely N-dealkylation sites (N-methyl/N-ethyl adjacent to an activating group) is 1. The highest BCUT2D eigenvalue weighted by Gasteiger charge is 2.57. The van der Waals surface area contributed by atoms with Crippen molar-refractivity contribution in [3.63, 3.8) is 0 Å². The van der Waals surface area contributed by atoms with E-state index in [9.17, 15) is 9.59 Å². The van der Waals surface area contributed by atoms with E-state index in [1.165, 1.54) is 24.2 Å². The smallest absolute Gasteiger partial charge is 0.237 e. The number of carbonyl (C=O) groups excluding carboxylic acids is 2. The zero-order chi connectivity index (χ0) is 10.3. The molecule has 0 bridgehead atoms. The quantitative estimate of drug-likeness (QED) is 0.689. The second kappa shape index (κ2) is 3.26. The Morgan fingerprint density at radius 3 is 2.43 bits per heavy atom. The number of primary amides is 1. The molecule has 2 amide bonds. The number of amides is 2. The number of carbonyl (C=O) groups is 2.